The molecule has 0 spiro atoms. The summed E-state index contributed by atoms with van der Waals surface area (Å²) in [7, 11) is 0. The molecular weight excluding hydrogens is 280 g/mol. The maximum atomic E-state index is 12.6. The summed E-state index contributed by atoms with van der Waals surface area (Å²) in [5.74, 6) is -0.236. The highest BCUT2D eigenvalue weighted by Gasteiger charge is 2.71. The second-order valence-corrected chi connectivity index (χ2v) is 6.70. The Morgan fingerprint density at radius 3 is 2.55 bits per heavy atom. The quantitative estimate of drug-likeness (QED) is 0.791. The third kappa shape index (κ3) is 2.04. The fourth-order valence-electron chi connectivity index (χ4n) is 3.60. The molecule has 6 heteroatoms. The third-order valence-electron chi connectivity index (χ3n) is 4.51. The number of thioether (sulfide) groups is 1. The maximum absolute atomic E-state index is 12.6. The van der Waals surface area contributed by atoms with Crippen LogP contribution in [0.4, 0.5) is 0 Å². The predicted octanol–water partition coefficient (Wildman–Crippen LogP) is 1.38. The SMILES string of the molecule is CCOC(=O)[C@H]1SC[C@@H]2CC[C@@](C)(O)[C@@]21C(=O)OCC. The first-order chi connectivity index (χ1) is 9.41. The summed E-state index contributed by atoms with van der Waals surface area (Å²) >= 11 is 1.40. The molecule has 1 saturated carbocycles. The van der Waals surface area contributed by atoms with Crippen LogP contribution in [0.5, 0.6) is 0 Å². The van der Waals surface area contributed by atoms with Crippen LogP contribution in [0.25, 0.3) is 0 Å². The molecule has 2 rings (SSSR count). The maximum Gasteiger partial charge on any atom is 0.320 e. The van der Waals surface area contributed by atoms with Crippen LogP contribution in [0.3, 0.4) is 0 Å². The van der Waals surface area contributed by atoms with Crippen molar-refractivity contribution in [3.63, 3.8) is 0 Å². The van der Waals surface area contributed by atoms with Gasteiger partial charge in [-0.1, -0.05) is 0 Å². The van der Waals surface area contributed by atoms with Crippen LogP contribution >= 0.6 is 11.8 Å². The van der Waals surface area contributed by atoms with Crippen molar-refractivity contribution >= 4 is 23.7 Å². The minimum absolute atomic E-state index is 0.0315. The van der Waals surface area contributed by atoms with Gasteiger partial charge >= 0.3 is 11.9 Å². The molecule has 0 radical (unpaired) electrons. The molecule has 1 aliphatic heterocycles. The average molecular weight is 302 g/mol. The van der Waals surface area contributed by atoms with E-state index in [1.165, 1.54) is 11.8 Å². The number of rotatable bonds is 4. The topological polar surface area (TPSA) is 72.8 Å². The predicted molar refractivity (Wildman–Crippen MR) is 75.3 cm³/mol. The number of aliphatic hydroxyl groups is 1. The molecule has 4 atom stereocenters. The molecule has 0 bridgehead atoms. The van der Waals surface area contributed by atoms with Gasteiger partial charge < -0.3 is 14.6 Å². The van der Waals surface area contributed by atoms with E-state index >= 15 is 0 Å². The van der Waals surface area contributed by atoms with Gasteiger partial charge in [0, 0.05) is 0 Å². The molecule has 0 amide bonds. The molecule has 20 heavy (non-hydrogen) atoms. The van der Waals surface area contributed by atoms with Crippen LogP contribution in [-0.4, -0.2) is 46.9 Å². The average Bonchev–Trinajstić information content (AvgIpc) is 2.88. The van der Waals surface area contributed by atoms with E-state index in [2.05, 4.69) is 0 Å². The van der Waals surface area contributed by atoms with E-state index in [-0.39, 0.29) is 19.1 Å². The number of fused-ring (bicyclic) bond motifs is 1. The van der Waals surface area contributed by atoms with Gasteiger partial charge in [0.15, 0.2) is 0 Å². The summed E-state index contributed by atoms with van der Waals surface area (Å²) in [6, 6.07) is 0. The third-order valence-corrected chi connectivity index (χ3v) is 6.00. The van der Waals surface area contributed by atoms with Crippen molar-refractivity contribution in [3.8, 4) is 0 Å². The number of carbonyl (C=O) groups excluding carboxylic acids is 2. The number of esters is 2. The lowest BCUT2D eigenvalue weighted by Crippen LogP contribution is -2.57. The molecule has 5 nitrogen and oxygen atoms in total. The lowest BCUT2D eigenvalue weighted by atomic mass is 9.68. The molecule has 1 aliphatic carbocycles. The van der Waals surface area contributed by atoms with Crippen molar-refractivity contribution in [3.05, 3.63) is 0 Å². The van der Waals surface area contributed by atoms with E-state index in [9.17, 15) is 14.7 Å². The Morgan fingerprint density at radius 2 is 1.95 bits per heavy atom. The van der Waals surface area contributed by atoms with E-state index < -0.39 is 28.2 Å². The van der Waals surface area contributed by atoms with Crippen molar-refractivity contribution in [1.29, 1.82) is 0 Å². The Bertz CT molecular complexity index is 408. The zero-order valence-corrected chi connectivity index (χ0v) is 13.0. The van der Waals surface area contributed by atoms with E-state index in [4.69, 9.17) is 9.47 Å². The molecule has 1 heterocycles. The van der Waals surface area contributed by atoms with Crippen LogP contribution in [-0.2, 0) is 19.1 Å². The standard InChI is InChI=1S/C14H22O5S/c1-4-18-11(15)10-14(12(16)19-5-2)9(8-20-10)6-7-13(14,3)17/h9-10,17H,4-8H2,1-3H3/t9-,10+,13+,14-/m0/s1. The highest BCUT2D eigenvalue weighted by atomic mass is 32.2. The van der Waals surface area contributed by atoms with Crippen LogP contribution < -0.4 is 0 Å². The summed E-state index contributed by atoms with van der Waals surface area (Å²) in [4.78, 5) is 24.8. The molecule has 1 N–H and O–H groups in total. The van der Waals surface area contributed by atoms with E-state index in [0.29, 0.717) is 12.2 Å². The van der Waals surface area contributed by atoms with Gasteiger partial charge in [0.25, 0.3) is 0 Å². The molecule has 0 unspecified atom stereocenters. The summed E-state index contributed by atoms with van der Waals surface area (Å²) in [6.45, 7) is 5.61. The highest BCUT2D eigenvalue weighted by molar-refractivity contribution is 8.01. The lowest BCUT2D eigenvalue weighted by molar-refractivity contribution is -0.178. The second kappa shape index (κ2) is 5.56. The van der Waals surface area contributed by atoms with Crippen LogP contribution in [0.15, 0.2) is 0 Å². The van der Waals surface area contributed by atoms with E-state index in [0.717, 1.165) is 6.42 Å². The highest BCUT2D eigenvalue weighted by Crippen LogP contribution is 2.62. The Morgan fingerprint density at radius 1 is 1.30 bits per heavy atom. The summed E-state index contributed by atoms with van der Waals surface area (Å²) < 4.78 is 10.3. The first kappa shape index (κ1) is 15.6. The van der Waals surface area contributed by atoms with Crippen molar-refractivity contribution in [2.45, 2.75) is 44.5 Å². The first-order valence-corrected chi connectivity index (χ1v) is 8.14. The first-order valence-electron chi connectivity index (χ1n) is 7.09. The Kier molecular flexibility index (Phi) is 4.35. The van der Waals surface area contributed by atoms with Gasteiger partial charge in [-0.25, -0.2) is 0 Å². The minimum Gasteiger partial charge on any atom is -0.465 e. The van der Waals surface area contributed by atoms with Crippen molar-refractivity contribution in [2.24, 2.45) is 11.3 Å². The van der Waals surface area contributed by atoms with Gasteiger partial charge in [0.05, 0.1) is 18.8 Å². The Labute approximate surface area is 123 Å². The smallest absolute Gasteiger partial charge is 0.320 e. The van der Waals surface area contributed by atoms with E-state index in [1.54, 1.807) is 20.8 Å². The largest absolute Gasteiger partial charge is 0.465 e. The van der Waals surface area contributed by atoms with Crippen LogP contribution in [0, 0.1) is 11.3 Å². The second-order valence-electron chi connectivity index (χ2n) is 5.56. The number of hydrogen-bond donors (Lipinski definition) is 1. The fourth-order valence-corrected chi connectivity index (χ4v) is 5.46. The molecule has 1 saturated heterocycles. The van der Waals surface area contributed by atoms with Gasteiger partial charge in [-0.2, -0.15) is 0 Å². The van der Waals surface area contributed by atoms with Crippen LogP contribution in [0.2, 0.25) is 0 Å². The van der Waals surface area contributed by atoms with E-state index in [1.807, 2.05) is 0 Å². The molecule has 2 aliphatic rings. The van der Waals surface area contributed by atoms with Crippen molar-refractivity contribution in [1.82, 2.24) is 0 Å². The van der Waals surface area contributed by atoms with Gasteiger partial charge in [-0.3, -0.25) is 9.59 Å². The normalized spacial score (nSPS) is 39.4. The van der Waals surface area contributed by atoms with Gasteiger partial charge in [-0.05, 0) is 45.3 Å². The number of hydrogen-bond acceptors (Lipinski definition) is 6. The van der Waals surface area contributed by atoms with Crippen molar-refractivity contribution in [2.75, 3.05) is 19.0 Å². The van der Waals surface area contributed by atoms with Crippen molar-refractivity contribution < 1.29 is 24.2 Å². The summed E-state index contributed by atoms with van der Waals surface area (Å²) in [6.07, 6.45) is 1.24. The van der Waals surface area contributed by atoms with Crippen LogP contribution in [0.1, 0.15) is 33.6 Å². The molecule has 2 fully saturated rings. The monoisotopic (exact) mass is 302 g/mol. The van der Waals surface area contributed by atoms with Gasteiger partial charge in [-0.15, -0.1) is 11.8 Å². The lowest BCUT2D eigenvalue weighted by Gasteiger charge is -2.40. The molecule has 0 aromatic heterocycles. The number of ether oxygens (including phenoxy) is 2. The molecular formula is C14H22O5S. The van der Waals surface area contributed by atoms with Gasteiger partial charge in [0.2, 0.25) is 0 Å². The minimum atomic E-state index is -1.23. The molecule has 114 valence electrons. The molecule has 0 aromatic carbocycles. The molecule has 0 aromatic rings. The number of carbonyl (C=O) groups is 2. The summed E-state index contributed by atoms with van der Waals surface area (Å²) in [5.41, 5.74) is -2.40. The zero-order chi connectivity index (χ0) is 15.0. The fraction of sp³-hybridized carbons (Fsp3) is 0.857. The van der Waals surface area contributed by atoms with Gasteiger partial charge in [0.1, 0.15) is 10.7 Å². The Balaban J connectivity index is 2.43. The zero-order valence-electron chi connectivity index (χ0n) is 12.2. The summed E-state index contributed by atoms with van der Waals surface area (Å²) in [5, 5.41) is 10.1. The Hall–Kier alpha value is -0.750.